The Morgan fingerprint density at radius 3 is 2.50 bits per heavy atom. The van der Waals surface area contributed by atoms with Crippen molar-refractivity contribution in [2.45, 2.75) is 72.3 Å². The summed E-state index contributed by atoms with van der Waals surface area (Å²) in [6.45, 7) is 9.72. The van der Waals surface area contributed by atoms with Crippen molar-refractivity contribution < 1.29 is 4.79 Å². The predicted octanol–water partition coefficient (Wildman–Crippen LogP) is 3.33. The van der Waals surface area contributed by atoms with Crippen LogP contribution in [0.4, 0.5) is 0 Å². The molecule has 1 rings (SSSR count). The van der Waals surface area contributed by atoms with E-state index in [0.29, 0.717) is 30.2 Å². The van der Waals surface area contributed by atoms with Crippen LogP contribution in [0.1, 0.15) is 66.2 Å². The van der Waals surface area contributed by atoms with Crippen molar-refractivity contribution in [3.8, 4) is 0 Å². The van der Waals surface area contributed by atoms with E-state index in [1.165, 1.54) is 12.8 Å². The van der Waals surface area contributed by atoms with Gasteiger partial charge in [-0.25, -0.2) is 0 Å². The van der Waals surface area contributed by atoms with Crippen LogP contribution in [-0.4, -0.2) is 18.5 Å². The molecule has 0 spiro atoms. The molecule has 0 aromatic carbocycles. The van der Waals surface area contributed by atoms with Crippen LogP contribution in [0.5, 0.6) is 0 Å². The van der Waals surface area contributed by atoms with E-state index >= 15 is 0 Å². The van der Waals surface area contributed by atoms with Crippen molar-refractivity contribution in [2.24, 2.45) is 29.4 Å². The molecule has 1 aliphatic rings. The Bertz CT molecular complexity index is 291. The van der Waals surface area contributed by atoms with Gasteiger partial charge in [0, 0.05) is 12.5 Å². The minimum atomic E-state index is 0.237. The highest BCUT2D eigenvalue weighted by molar-refractivity contribution is 5.76. The molecular weight excluding hydrogens is 248 g/mol. The molecule has 3 heteroatoms. The summed E-state index contributed by atoms with van der Waals surface area (Å²) >= 11 is 0. The summed E-state index contributed by atoms with van der Waals surface area (Å²) in [5.41, 5.74) is 5.65. The summed E-state index contributed by atoms with van der Waals surface area (Å²) in [6.07, 6.45) is 6.32. The van der Waals surface area contributed by atoms with Crippen LogP contribution in [0.2, 0.25) is 0 Å². The van der Waals surface area contributed by atoms with Crippen LogP contribution < -0.4 is 11.1 Å². The smallest absolute Gasteiger partial charge is 0.220 e. The number of nitrogens with two attached hydrogens (primary N) is 1. The summed E-state index contributed by atoms with van der Waals surface area (Å²) < 4.78 is 0. The minimum absolute atomic E-state index is 0.237. The van der Waals surface area contributed by atoms with Crippen LogP contribution in [0.3, 0.4) is 0 Å². The Hall–Kier alpha value is -0.570. The monoisotopic (exact) mass is 282 g/mol. The Morgan fingerprint density at radius 2 is 2.00 bits per heavy atom. The van der Waals surface area contributed by atoms with E-state index in [-0.39, 0.29) is 5.91 Å². The van der Waals surface area contributed by atoms with Crippen molar-refractivity contribution in [3.05, 3.63) is 0 Å². The molecule has 0 bridgehead atoms. The maximum atomic E-state index is 12.1. The van der Waals surface area contributed by atoms with Gasteiger partial charge in [0.25, 0.3) is 0 Å². The number of hydrogen-bond acceptors (Lipinski definition) is 2. The summed E-state index contributed by atoms with van der Waals surface area (Å²) in [5.74, 6) is 2.85. The second-order valence-electron chi connectivity index (χ2n) is 6.90. The van der Waals surface area contributed by atoms with Gasteiger partial charge in [0.05, 0.1) is 0 Å². The molecule has 0 saturated heterocycles. The second-order valence-corrected chi connectivity index (χ2v) is 6.90. The highest BCUT2D eigenvalue weighted by Crippen LogP contribution is 2.34. The van der Waals surface area contributed by atoms with Gasteiger partial charge in [-0.3, -0.25) is 4.79 Å². The van der Waals surface area contributed by atoms with Crippen LogP contribution in [-0.2, 0) is 4.79 Å². The molecule has 1 aliphatic carbocycles. The molecule has 0 radical (unpaired) electrons. The number of amides is 1. The summed E-state index contributed by atoms with van der Waals surface area (Å²) in [7, 11) is 0. The van der Waals surface area contributed by atoms with E-state index in [2.05, 4.69) is 33.0 Å². The molecule has 3 N–H and O–H groups in total. The maximum Gasteiger partial charge on any atom is 0.220 e. The SMILES string of the molecule is CCC1CCC(NC(=O)CCC(CCN)C(C)C)C1C. The highest BCUT2D eigenvalue weighted by Gasteiger charge is 2.32. The molecule has 0 aromatic rings. The normalized spacial score (nSPS) is 27.8. The van der Waals surface area contributed by atoms with Crippen LogP contribution >= 0.6 is 0 Å². The minimum Gasteiger partial charge on any atom is -0.353 e. The zero-order valence-electron chi connectivity index (χ0n) is 13.8. The van der Waals surface area contributed by atoms with Gasteiger partial charge in [-0.05, 0) is 55.9 Å². The first-order valence-corrected chi connectivity index (χ1v) is 8.49. The van der Waals surface area contributed by atoms with E-state index < -0.39 is 0 Å². The zero-order chi connectivity index (χ0) is 15.1. The van der Waals surface area contributed by atoms with E-state index in [4.69, 9.17) is 5.73 Å². The van der Waals surface area contributed by atoms with Crippen LogP contribution in [0, 0.1) is 23.7 Å². The number of hydrogen-bond donors (Lipinski definition) is 2. The van der Waals surface area contributed by atoms with E-state index in [9.17, 15) is 4.79 Å². The summed E-state index contributed by atoms with van der Waals surface area (Å²) in [5, 5.41) is 3.26. The average Bonchev–Trinajstić information content (AvgIpc) is 2.75. The third-order valence-corrected chi connectivity index (χ3v) is 5.32. The van der Waals surface area contributed by atoms with Crippen molar-refractivity contribution in [1.29, 1.82) is 0 Å². The molecule has 1 saturated carbocycles. The van der Waals surface area contributed by atoms with Gasteiger partial charge in [-0.1, -0.05) is 34.1 Å². The Labute approximate surface area is 125 Å². The van der Waals surface area contributed by atoms with Gasteiger partial charge in [0.1, 0.15) is 0 Å². The van der Waals surface area contributed by atoms with Crippen molar-refractivity contribution >= 4 is 5.91 Å². The quantitative estimate of drug-likeness (QED) is 0.717. The molecule has 4 atom stereocenters. The summed E-state index contributed by atoms with van der Waals surface area (Å²) in [6, 6.07) is 0.402. The molecule has 3 nitrogen and oxygen atoms in total. The number of carbonyl (C=O) groups is 1. The lowest BCUT2D eigenvalue weighted by Gasteiger charge is -2.23. The fourth-order valence-electron chi connectivity index (χ4n) is 3.65. The summed E-state index contributed by atoms with van der Waals surface area (Å²) in [4.78, 5) is 12.1. The third-order valence-electron chi connectivity index (χ3n) is 5.32. The molecule has 0 heterocycles. The number of rotatable bonds is 8. The second kappa shape index (κ2) is 8.66. The molecule has 4 unspecified atom stereocenters. The Morgan fingerprint density at radius 1 is 1.30 bits per heavy atom. The first kappa shape index (κ1) is 17.5. The van der Waals surface area contributed by atoms with Gasteiger partial charge in [-0.15, -0.1) is 0 Å². The molecule has 20 heavy (non-hydrogen) atoms. The predicted molar refractivity (Wildman–Crippen MR) is 85.3 cm³/mol. The lowest BCUT2D eigenvalue weighted by Crippen LogP contribution is -2.37. The molecular formula is C17H34N2O. The number of nitrogens with one attached hydrogen (secondary N) is 1. The van der Waals surface area contributed by atoms with Crippen molar-refractivity contribution in [3.63, 3.8) is 0 Å². The maximum absolute atomic E-state index is 12.1. The standard InChI is InChI=1S/C17H34N2O/c1-5-14-6-8-16(13(14)4)19-17(20)9-7-15(10-11-18)12(2)3/h12-16H,5-11,18H2,1-4H3,(H,19,20). The lowest BCUT2D eigenvalue weighted by molar-refractivity contribution is -0.122. The molecule has 118 valence electrons. The fourth-order valence-corrected chi connectivity index (χ4v) is 3.65. The van der Waals surface area contributed by atoms with Crippen molar-refractivity contribution in [2.75, 3.05) is 6.54 Å². The zero-order valence-corrected chi connectivity index (χ0v) is 13.8. The third kappa shape index (κ3) is 5.08. The van der Waals surface area contributed by atoms with Crippen molar-refractivity contribution in [1.82, 2.24) is 5.32 Å². The largest absolute Gasteiger partial charge is 0.353 e. The first-order chi connectivity index (χ1) is 9.49. The van der Waals surface area contributed by atoms with E-state index in [1.54, 1.807) is 0 Å². The highest BCUT2D eigenvalue weighted by atomic mass is 16.1. The first-order valence-electron chi connectivity index (χ1n) is 8.49. The van der Waals surface area contributed by atoms with Gasteiger partial charge >= 0.3 is 0 Å². The molecule has 1 fully saturated rings. The molecule has 1 amide bonds. The van der Waals surface area contributed by atoms with Crippen LogP contribution in [0.25, 0.3) is 0 Å². The number of carbonyl (C=O) groups excluding carboxylic acids is 1. The lowest BCUT2D eigenvalue weighted by atomic mass is 9.88. The van der Waals surface area contributed by atoms with Gasteiger partial charge < -0.3 is 11.1 Å². The van der Waals surface area contributed by atoms with Gasteiger partial charge in [-0.2, -0.15) is 0 Å². The molecule has 0 aromatic heterocycles. The van der Waals surface area contributed by atoms with Crippen LogP contribution in [0.15, 0.2) is 0 Å². The Kier molecular flexibility index (Phi) is 7.57. The average molecular weight is 282 g/mol. The van der Waals surface area contributed by atoms with Gasteiger partial charge in [0.15, 0.2) is 0 Å². The van der Waals surface area contributed by atoms with E-state index in [1.807, 2.05) is 0 Å². The van der Waals surface area contributed by atoms with Gasteiger partial charge in [0.2, 0.25) is 5.91 Å². The van der Waals surface area contributed by atoms with E-state index in [0.717, 1.165) is 31.7 Å². The Balaban J connectivity index is 2.33. The topological polar surface area (TPSA) is 55.1 Å². The molecule has 0 aliphatic heterocycles. The fraction of sp³-hybridized carbons (Fsp3) is 0.941.